The minimum Gasteiger partial charge on any atom is -0.437 e. The standard InChI is InChI=1S/C20H16N4O3/c1-13-17(7-4-10-21-13)26-18-9-8-15(12-22-18)23-20(25)27-19-11-14-5-2-3-6-16(14)24-19/h2-12,24H,1H3,(H,23,25). The molecule has 0 saturated carbocycles. The first-order valence-electron chi connectivity index (χ1n) is 8.29. The van der Waals surface area contributed by atoms with Gasteiger partial charge in [-0.15, -0.1) is 0 Å². The van der Waals surface area contributed by atoms with Crippen molar-refractivity contribution in [1.82, 2.24) is 15.0 Å². The third-order valence-corrected chi connectivity index (χ3v) is 3.86. The maximum Gasteiger partial charge on any atom is 0.418 e. The van der Waals surface area contributed by atoms with E-state index in [1.165, 1.54) is 6.20 Å². The van der Waals surface area contributed by atoms with Crippen molar-refractivity contribution in [2.75, 3.05) is 5.32 Å². The number of hydrogen-bond acceptors (Lipinski definition) is 5. The Balaban J connectivity index is 1.39. The molecular formula is C20H16N4O3. The maximum absolute atomic E-state index is 12.1. The number of fused-ring (bicyclic) bond motifs is 1. The molecule has 1 aromatic carbocycles. The zero-order chi connectivity index (χ0) is 18.6. The first kappa shape index (κ1) is 16.6. The zero-order valence-electron chi connectivity index (χ0n) is 14.5. The van der Waals surface area contributed by atoms with E-state index in [0.717, 1.165) is 16.6 Å². The highest BCUT2D eigenvalue weighted by Gasteiger charge is 2.09. The quantitative estimate of drug-likeness (QED) is 0.552. The number of aromatic amines is 1. The smallest absolute Gasteiger partial charge is 0.418 e. The van der Waals surface area contributed by atoms with Gasteiger partial charge in [-0.1, -0.05) is 18.2 Å². The maximum atomic E-state index is 12.1. The summed E-state index contributed by atoms with van der Waals surface area (Å²) in [6, 6.07) is 16.4. The molecule has 0 bridgehead atoms. The van der Waals surface area contributed by atoms with Crippen LogP contribution in [0.25, 0.3) is 10.9 Å². The van der Waals surface area contributed by atoms with Crippen molar-refractivity contribution >= 4 is 22.7 Å². The van der Waals surface area contributed by atoms with Gasteiger partial charge in [-0.2, -0.15) is 0 Å². The van der Waals surface area contributed by atoms with Gasteiger partial charge in [-0.3, -0.25) is 10.3 Å². The lowest BCUT2D eigenvalue weighted by Crippen LogP contribution is -2.16. The normalized spacial score (nSPS) is 10.6. The number of nitrogens with one attached hydrogen (secondary N) is 2. The number of rotatable bonds is 4. The highest BCUT2D eigenvalue weighted by Crippen LogP contribution is 2.23. The van der Waals surface area contributed by atoms with E-state index in [2.05, 4.69) is 20.3 Å². The average Bonchev–Trinajstić information content (AvgIpc) is 3.07. The number of para-hydroxylation sites is 1. The number of benzene rings is 1. The van der Waals surface area contributed by atoms with Gasteiger partial charge in [0.25, 0.3) is 0 Å². The van der Waals surface area contributed by atoms with Crippen molar-refractivity contribution in [3.05, 3.63) is 72.7 Å². The fourth-order valence-corrected chi connectivity index (χ4v) is 2.55. The summed E-state index contributed by atoms with van der Waals surface area (Å²) in [5, 5.41) is 3.59. The lowest BCUT2D eigenvalue weighted by atomic mass is 10.3. The second kappa shape index (κ2) is 7.17. The number of hydrogen-bond donors (Lipinski definition) is 2. The van der Waals surface area contributed by atoms with Crippen LogP contribution < -0.4 is 14.8 Å². The molecule has 3 heterocycles. The molecule has 0 radical (unpaired) electrons. The minimum absolute atomic E-state index is 0.369. The third-order valence-electron chi connectivity index (χ3n) is 3.86. The van der Waals surface area contributed by atoms with Crippen LogP contribution in [-0.4, -0.2) is 21.0 Å². The van der Waals surface area contributed by atoms with Crippen molar-refractivity contribution in [3.8, 4) is 17.5 Å². The fraction of sp³-hybridized carbons (Fsp3) is 0.0500. The summed E-state index contributed by atoms with van der Waals surface area (Å²) in [5.41, 5.74) is 2.16. The number of carbonyl (C=O) groups excluding carboxylic acids is 1. The highest BCUT2D eigenvalue weighted by molar-refractivity contribution is 5.87. The van der Waals surface area contributed by atoms with Crippen LogP contribution in [0.15, 0.2) is 67.0 Å². The van der Waals surface area contributed by atoms with Gasteiger partial charge in [-0.05, 0) is 31.2 Å². The summed E-state index contributed by atoms with van der Waals surface area (Å²) in [7, 11) is 0. The van der Waals surface area contributed by atoms with E-state index in [9.17, 15) is 4.79 Å². The van der Waals surface area contributed by atoms with E-state index in [0.29, 0.717) is 23.2 Å². The van der Waals surface area contributed by atoms with Crippen LogP contribution in [0.5, 0.6) is 17.5 Å². The molecule has 7 nitrogen and oxygen atoms in total. The molecule has 4 rings (SSSR count). The molecule has 134 valence electrons. The van der Waals surface area contributed by atoms with Crippen LogP contribution in [0.1, 0.15) is 5.69 Å². The van der Waals surface area contributed by atoms with Gasteiger partial charge in [0.1, 0.15) is 0 Å². The molecule has 27 heavy (non-hydrogen) atoms. The molecule has 0 unspecified atom stereocenters. The molecule has 0 fully saturated rings. The van der Waals surface area contributed by atoms with Crippen LogP contribution in [0.3, 0.4) is 0 Å². The Morgan fingerprint density at radius 1 is 1.07 bits per heavy atom. The van der Waals surface area contributed by atoms with Crippen LogP contribution >= 0.6 is 0 Å². The molecule has 3 aromatic heterocycles. The van der Waals surface area contributed by atoms with Crippen LogP contribution in [-0.2, 0) is 0 Å². The van der Waals surface area contributed by atoms with Gasteiger partial charge in [0.05, 0.1) is 17.6 Å². The van der Waals surface area contributed by atoms with Gasteiger partial charge < -0.3 is 14.5 Å². The van der Waals surface area contributed by atoms with Gasteiger partial charge in [-0.25, -0.2) is 9.78 Å². The Labute approximate surface area is 155 Å². The Morgan fingerprint density at radius 3 is 2.74 bits per heavy atom. The number of aromatic nitrogens is 3. The third kappa shape index (κ3) is 3.87. The van der Waals surface area contributed by atoms with Crippen molar-refractivity contribution in [3.63, 3.8) is 0 Å². The number of ether oxygens (including phenoxy) is 2. The molecule has 2 N–H and O–H groups in total. The lowest BCUT2D eigenvalue weighted by molar-refractivity contribution is 0.213. The summed E-state index contributed by atoms with van der Waals surface area (Å²) in [6.45, 7) is 1.85. The Hall–Kier alpha value is -3.87. The van der Waals surface area contributed by atoms with E-state index in [-0.39, 0.29) is 0 Å². The first-order valence-corrected chi connectivity index (χ1v) is 8.29. The summed E-state index contributed by atoms with van der Waals surface area (Å²) < 4.78 is 10.9. The summed E-state index contributed by atoms with van der Waals surface area (Å²) >= 11 is 0. The number of nitrogens with zero attached hydrogens (tertiary/aromatic N) is 2. The summed E-state index contributed by atoms with van der Waals surface area (Å²) in [4.78, 5) is 23.4. The second-order valence-corrected chi connectivity index (χ2v) is 5.81. The van der Waals surface area contributed by atoms with Gasteiger partial charge in [0.15, 0.2) is 5.75 Å². The summed E-state index contributed by atoms with van der Waals surface area (Å²) in [5.74, 6) is 1.40. The van der Waals surface area contributed by atoms with Gasteiger partial charge in [0.2, 0.25) is 11.8 Å². The van der Waals surface area contributed by atoms with E-state index in [1.807, 2.05) is 37.3 Å². The minimum atomic E-state index is -0.611. The number of pyridine rings is 2. The SMILES string of the molecule is Cc1ncccc1Oc1ccc(NC(=O)Oc2cc3ccccc3[nH]2)cn1. The molecule has 0 spiro atoms. The van der Waals surface area contributed by atoms with Gasteiger partial charge >= 0.3 is 6.09 Å². The first-order chi connectivity index (χ1) is 13.2. The van der Waals surface area contributed by atoms with Crippen molar-refractivity contribution in [1.29, 1.82) is 0 Å². The molecule has 7 heteroatoms. The lowest BCUT2D eigenvalue weighted by Gasteiger charge is -2.08. The molecule has 0 saturated heterocycles. The van der Waals surface area contributed by atoms with Crippen molar-refractivity contribution in [2.24, 2.45) is 0 Å². The monoisotopic (exact) mass is 360 g/mol. The predicted molar refractivity (Wildman–Crippen MR) is 101 cm³/mol. The second-order valence-electron chi connectivity index (χ2n) is 5.81. The molecular weight excluding hydrogens is 344 g/mol. The molecule has 4 aromatic rings. The van der Waals surface area contributed by atoms with E-state index < -0.39 is 6.09 Å². The Bertz CT molecular complexity index is 1060. The average molecular weight is 360 g/mol. The van der Waals surface area contributed by atoms with Crippen LogP contribution in [0.2, 0.25) is 0 Å². The molecule has 0 aliphatic rings. The highest BCUT2D eigenvalue weighted by atomic mass is 16.6. The number of carbonyl (C=O) groups is 1. The topological polar surface area (TPSA) is 89.1 Å². The van der Waals surface area contributed by atoms with E-state index in [4.69, 9.17) is 9.47 Å². The summed E-state index contributed by atoms with van der Waals surface area (Å²) in [6.07, 6.45) is 2.58. The molecule has 0 atom stereocenters. The number of aryl methyl sites for hydroxylation is 1. The predicted octanol–water partition coefficient (Wildman–Crippen LogP) is 4.67. The largest absolute Gasteiger partial charge is 0.437 e. The molecule has 0 aliphatic heterocycles. The van der Waals surface area contributed by atoms with E-state index >= 15 is 0 Å². The van der Waals surface area contributed by atoms with Gasteiger partial charge in [0, 0.05) is 29.2 Å². The number of H-pyrrole nitrogens is 1. The Kier molecular flexibility index (Phi) is 4.40. The Morgan fingerprint density at radius 2 is 1.96 bits per heavy atom. The fourth-order valence-electron chi connectivity index (χ4n) is 2.55. The van der Waals surface area contributed by atoms with E-state index in [1.54, 1.807) is 30.5 Å². The number of amides is 1. The van der Waals surface area contributed by atoms with Crippen LogP contribution in [0.4, 0.5) is 10.5 Å². The molecule has 0 aliphatic carbocycles. The zero-order valence-corrected chi connectivity index (χ0v) is 14.5. The molecule has 1 amide bonds. The van der Waals surface area contributed by atoms with Crippen molar-refractivity contribution < 1.29 is 14.3 Å². The number of anilines is 1. The van der Waals surface area contributed by atoms with Crippen molar-refractivity contribution in [2.45, 2.75) is 6.92 Å². The van der Waals surface area contributed by atoms with Crippen LogP contribution in [0, 0.1) is 6.92 Å².